The smallest absolute Gasteiger partial charge is 0.223 e. The number of sulfone groups is 1. The summed E-state index contributed by atoms with van der Waals surface area (Å²) in [6, 6.07) is 0.135. The molecule has 1 aliphatic carbocycles. The summed E-state index contributed by atoms with van der Waals surface area (Å²) in [7, 11) is -2.95. The second-order valence-electron chi connectivity index (χ2n) is 5.94. The highest BCUT2D eigenvalue weighted by Crippen LogP contribution is 2.29. The third-order valence-electron chi connectivity index (χ3n) is 4.38. The van der Waals surface area contributed by atoms with Gasteiger partial charge in [0.25, 0.3) is 0 Å². The first kappa shape index (κ1) is 16.1. The van der Waals surface area contributed by atoms with E-state index in [1.54, 1.807) is 0 Å². The Bertz CT molecular complexity index is 432. The van der Waals surface area contributed by atoms with Crippen LogP contribution in [0.25, 0.3) is 0 Å². The highest BCUT2D eigenvalue weighted by atomic mass is 35.5. The zero-order valence-corrected chi connectivity index (χ0v) is 13.5. The van der Waals surface area contributed by atoms with Crippen LogP contribution in [-0.4, -0.2) is 48.7 Å². The molecule has 116 valence electrons. The lowest BCUT2D eigenvalue weighted by Gasteiger charge is -2.38. The lowest BCUT2D eigenvalue weighted by molar-refractivity contribution is -0.136. The van der Waals surface area contributed by atoms with E-state index in [0.29, 0.717) is 25.1 Å². The number of rotatable bonds is 5. The Hall–Kier alpha value is -0.290. The predicted molar refractivity (Wildman–Crippen MR) is 80.7 cm³/mol. The molecule has 2 aliphatic rings. The summed E-state index contributed by atoms with van der Waals surface area (Å²) in [6.07, 6.45) is 7.26. The summed E-state index contributed by atoms with van der Waals surface area (Å²) >= 11 is 5.67. The standard InChI is InChI=1S/C14H24ClNO3S/c15-9-4-7-14(17)16(12-5-2-1-3-6-12)13-8-10-20(18,19)11-13/h12-13H,1-11H2. The van der Waals surface area contributed by atoms with Gasteiger partial charge >= 0.3 is 0 Å². The van der Waals surface area contributed by atoms with Crippen LogP contribution in [0.1, 0.15) is 51.4 Å². The van der Waals surface area contributed by atoms with Crippen LogP contribution in [0.15, 0.2) is 0 Å². The first-order valence-electron chi connectivity index (χ1n) is 7.61. The largest absolute Gasteiger partial charge is 0.336 e. The van der Waals surface area contributed by atoms with E-state index in [2.05, 4.69) is 0 Å². The van der Waals surface area contributed by atoms with E-state index in [4.69, 9.17) is 11.6 Å². The highest BCUT2D eigenvalue weighted by Gasteiger charge is 2.38. The third-order valence-corrected chi connectivity index (χ3v) is 6.40. The molecule has 20 heavy (non-hydrogen) atoms. The molecule has 1 amide bonds. The molecule has 0 bridgehead atoms. The molecule has 1 saturated carbocycles. The van der Waals surface area contributed by atoms with Gasteiger partial charge in [-0.1, -0.05) is 19.3 Å². The minimum absolute atomic E-state index is 0.0969. The van der Waals surface area contributed by atoms with Gasteiger partial charge in [0, 0.05) is 24.4 Å². The van der Waals surface area contributed by atoms with Gasteiger partial charge < -0.3 is 4.90 Å². The molecule has 1 aliphatic heterocycles. The van der Waals surface area contributed by atoms with Crippen molar-refractivity contribution in [1.82, 2.24) is 4.90 Å². The van der Waals surface area contributed by atoms with Crippen molar-refractivity contribution >= 4 is 27.3 Å². The second kappa shape index (κ2) is 7.12. The summed E-state index contributed by atoms with van der Waals surface area (Å²) in [5.41, 5.74) is 0. The fraction of sp³-hybridized carbons (Fsp3) is 0.929. The molecular formula is C14H24ClNO3S. The van der Waals surface area contributed by atoms with E-state index in [-0.39, 0.29) is 29.5 Å². The Labute approximate surface area is 126 Å². The van der Waals surface area contributed by atoms with E-state index in [0.717, 1.165) is 25.7 Å². The van der Waals surface area contributed by atoms with E-state index >= 15 is 0 Å². The zero-order valence-electron chi connectivity index (χ0n) is 11.9. The molecule has 6 heteroatoms. The number of nitrogens with zero attached hydrogens (tertiary/aromatic N) is 1. The number of hydrogen-bond acceptors (Lipinski definition) is 3. The average molecular weight is 322 g/mol. The van der Waals surface area contributed by atoms with E-state index in [9.17, 15) is 13.2 Å². The number of halogens is 1. The SMILES string of the molecule is O=C(CCCCl)N(C1CCCCC1)C1CCS(=O)(=O)C1. The monoisotopic (exact) mass is 321 g/mol. The lowest BCUT2D eigenvalue weighted by Crippen LogP contribution is -2.48. The van der Waals surface area contributed by atoms with Crippen LogP contribution in [-0.2, 0) is 14.6 Å². The summed E-state index contributed by atoms with van der Waals surface area (Å²) in [6.45, 7) is 0. The van der Waals surface area contributed by atoms with Crippen LogP contribution in [0, 0.1) is 0 Å². The molecule has 4 nitrogen and oxygen atoms in total. The number of carbonyl (C=O) groups is 1. The number of hydrogen-bond donors (Lipinski definition) is 0. The second-order valence-corrected chi connectivity index (χ2v) is 8.55. The minimum Gasteiger partial charge on any atom is -0.336 e. The highest BCUT2D eigenvalue weighted by molar-refractivity contribution is 7.91. The summed E-state index contributed by atoms with van der Waals surface area (Å²) in [5.74, 6) is 0.951. The van der Waals surface area contributed by atoms with Crippen LogP contribution in [0.5, 0.6) is 0 Å². The Kier molecular flexibility index (Phi) is 5.73. The van der Waals surface area contributed by atoms with Crippen LogP contribution >= 0.6 is 11.6 Å². The first-order chi connectivity index (χ1) is 9.53. The number of amides is 1. The fourth-order valence-corrected chi connectivity index (χ4v) is 5.25. The van der Waals surface area contributed by atoms with Gasteiger partial charge in [-0.3, -0.25) is 4.79 Å². The van der Waals surface area contributed by atoms with Gasteiger partial charge in [-0.2, -0.15) is 0 Å². The van der Waals surface area contributed by atoms with Crippen LogP contribution in [0.4, 0.5) is 0 Å². The number of alkyl halides is 1. The zero-order chi connectivity index (χ0) is 14.6. The maximum atomic E-state index is 12.5. The molecule has 2 rings (SSSR count). The van der Waals surface area contributed by atoms with Gasteiger partial charge in [0.15, 0.2) is 9.84 Å². The normalized spacial score (nSPS) is 26.6. The van der Waals surface area contributed by atoms with Gasteiger partial charge in [-0.25, -0.2) is 8.42 Å². The Balaban J connectivity index is 2.08. The van der Waals surface area contributed by atoms with Crippen molar-refractivity contribution in [2.45, 2.75) is 63.5 Å². The average Bonchev–Trinajstić information content (AvgIpc) is 2.78. The van der Waals surface area contributed by atoms with Gasteiger partial charge in [0.1, 0.15) is 0 Å². The first-order valence-corrected chi connectivity index (χ1v) is 9.96. The van der Waals surface area contributed by atoms with Crippen molar-refractivity contribution in [3.05, 3.63) is 0 Å². The molecule has 0 spiro atoms. The summed E-state index contributed by atoms with van der Waals surface area (Å²) in [5, 5.41) is 0. The Morgan fingerprint density at radius 2 is 1.80 bits per heavy atom. The molecule has 1 atom stereocenters. The quantitative estimate of drug-likeness (QED) is 0.730. The third kappa shape index (κ3) is 4.10. The molecular weight excluding hydrogens is 298 g/mol. The van der Waals surface area contributed by atoms with Gasteiger partial charge in [-0.15, -0.1) is 11.6 Å². The van der Waals surface area contributed by atoms with Crippen LogP contribution < -0.4 is 0 Å². The van der Waals surface area contributed by atoms with Crippen molar-refractivity contribution in [3.8, 4) is 0 Å². The number of carbonyl (C=O) groups excluding carboxylic acids is 1. The Morgan fingerprint density at radius 3 is 2.35 bits per heavy atom. The van der Waals surface area contributed by atoms with Crippen molar-refractivity contribution in [3.63, 3.8) is 0 Å². The predicted octanol–water partition coefficient (Wildman–Crippen LogP) is 2.35. The van der Waals surface area contributed by atoms with Gasteiger partial charge in [0.05, 0.1) is 11.5 Å². The van der Waals surface area contributed by atoms with Gasteiger partial charge in [0.2, 0.25) is 5.91 Å². The maximum Gasteiger partial charge on any atom is 0.223 e. The maximum absolute atomic E-state index is 12.5. The lowest BCUT2D eigenvalue weighted by atomic mass is 9.92. The molecule has 0 aromatic heterocycles. The minimum atomic E-state index is -2.95. The molecule has 0 N–H and O–H groups in total. The van der Waals surface area contributed by atoms with E-state index in [1.807, 2.05) is 4.90 Å². The van der Waals surface area contributed by atoms with Gasteiger partial charge in [-0.05, 0) is 25.7 Å². The van der Waals surface area contributed by atoms with Crippen molar-refractivity contribution in [2.75, 3.05) is 17.4 Å². The molecule has 1 unspecified atom stereocenters. The van der Waals surface area contributed by atoms with Crippen LogP contribution in [0.2, 0.25) is 0 Å². The summed E-state index contributed by atoms with van der Waals surface area (Å²) in [4.78, 5) is 14.4. The van der Waals surface area contributed by atoms with Crippen molar-refractivity contribution in [2.24, 2.45) is 0 Å². The summed E-state index contributed by atoms with van der Waals surface area (Å²) < 4.78 is 23.4. The molecule has 0 aromatic carbocycles. The van der Waals surface area contributed by atoms with Crippen LogP contribution in [0.3, 0.4) is 0 Å². The van der Waals surface area contributed by atoms with E-state index in [1.165, 1.54) is 6.42 Å². The molecule has 1 heterocycles. The molecule has 0 aromatic rings. The Morgan fingerprint density at radius 1 is 1.10 bits per heavy atom. The van der Waals surface area contributed by atoms with Crippen molar-refractivity contribution in [1.29, 1.82) is 0 Å². The fourth-order valence-electron chi connectivity index (χ4n) is 3.41. The topological polar surface area (TPSA) is 54.5 Å². The molecule has 1 saturated heterocycles. The van der Waals surface area contributed by atoms with E-state index < -0.39 is 9.84 Å². The molecule has 2 fully saturated rings. The molecule has 0 radical (unpaired) electrons. The van der Waals surface area contributed by atoms with Crippen molar-refractivity contribution < 1.29 is 13.2 Å².